The van der Waals surface area contributed by atoms with E-state index in [-0.39, 0.29) is 21.8 Å². The number of carbonyl (C=O) groups is 2. The van der Waals surface area contributed by atoms with Gasteiger partial charge >= 0.3 is 5.97 Å². The summed E-state index contributed by atoms with van der Waals surface area (Å²) in [4.78, 5) is 34.9. The number of rotatable bonds is 9. The van der Waals surface area contributed by atoms with Crippen molar-refractivity contribution >= 4 is 40.5 Å². The van der Waals surface area contributed by atoms with Gasteiger partial charge in [-0.2, -0.15) is 0 Å². The predicted octanol–water partition coefficient (Wildman–Crippen LogP) is 3.74. The molecule has 0 bridgehead atoms. The van der Waals surface area contributed by atoms with Crippen molar-refractivity contribution in [2.45, 2.75) is 6.42 Å². The van der Waals surface area contributed by atoms with E-state index in [1.165, 1.54) is 31.4 Å². The van der Waals surface area contributed by atoms with Crippen molar-refractivity contribution in [2.24, 2.45) is 0 Å². The molecular weight excluding hydrogens is 402 g/mol. The lowest BCUT2D eigenvalue weighted by molar-refractivity contribution is -0.384. The van der Waals surface area contributed by atoms with Crippen molar-refractivity contribution in [2.75, 3.05) is 38.0 Å². The molecule has 0 atom stereocenters. The van der Waals surface area contributed by atoms with Crippen molar-refractivity contribution in [3.05, 3.63) is 62.7 Å². The molecule has 10 heteroatoms. The normalized spacial score (nSPS) is 10.3. The first kappa shape index (κ1) is 22.1. The molecule has 0 aliphatic rings. The first-order valence-electron chi connectivity index (χ1n) is 8.58. The van der Waals surface area contributed by atoms with Crippen LogP contribution in [0.25, 0.3) is 0 Å². The van der Waals surface area contributed by atoms with E-state index >= 15 is 0 Å². The highest BCUT2D eigenvalue weighted by atomic mass is 35.5. The number of amides is 1. The molecule has 0 aromatic heterocycles. The molecule has 1 amide bonds. The van der Waals surface area contributed by atoms with Gasteiger partial charge in [0.2, 0.25) is 0 Å². The van der Waals surface area contributed by atoms with E-state index in [0.29, 0.717) is 24.5 Å². The monoisotopic (exact) mass is 421 g/mol. The molecule has 2 rings (SSSR count). The molecule has 2 aromatic carbocycles. The maximum Gasteiger partial charge on any atom is 0.337 e. The summed E-state index contributed by atoms with van der Waals surface area (Å²) >= 11 is 6.02. The highest BCUT2D eigenvalue weighted by molar-refractivity contribution is 6.36. The minimum Gasteiger partial charge on any atom is -0.465 e. The van der Waals surface area contributed by atoms with Crippen LogP contribution in [0.5, 0.6) is 0 Å². The van der Waals surface area contributed by atoms with Gasteiger partial charge in [-0.15, -0.1) is 0 Å². The molecule has 0 aliphatic carbocycles. The van der Waals surface area contributed by atoms with Gasteiger partial charge < -0.3 is 20.1 Å². The Kier molecular flexibility index (Phi) is 7.93. The fourth-order valence-corrected chi connectivity index (χ4v) is 2.79. The van der Waals surface area contributed by atoms with Gasteiger partial charge in [0.1, 0.15) is 5.02 Å². The molecule has 0 aliphatic heterocycles. The molecule has 2 N–H and O–H groups in total. The summed E-state index contributed by atoms with van der Waals surface area (Å²) in [5, 5.41) is 16.6. The first-order valence-corrected chi connectivity index (χ1v) is 8.96. The van der Waals surface area contributed by atoms with Crippen molar-refractivity contribution < 1.29 is 24.0 Å². The average molecular weight is 422 g/mol. The Morgan fingerprint density at radius 3 is 2.59 bits per heavy atom. The predicted molar refractivity (Wildman–Crippen MR) is 109 cm³/mol. The Hall–Kier alpha value is -3.17. The lowest BCUT2D eigenvalue weighted by atomic mass is 10.1. The van der Waals surface area contributed by atoms with Crippen LogP contribution in [0.1, 0.15) is 27.1 Å². The number of esters is 1. The molecule has 0 saturated heterocycles. The molecule has 29 heavy (non-hydrogen) atoms. The molecule has 0 saturated carbocycles. The van der Waals surface area contributed by atoms with Crippen LogP contribution in [-0.2, 0) is 9.47 Å². The Morgan fingerprint density at radius 2 is 1.93 bits per heavy atom. The number of anilines is 2. The number of benzene rings is 2. The summed E-state index contributed by atoms with van der Waals surface area (Å²) < 4.78 is 9.71. The SMILES string of the molecule is COCCCNc1ccc(C(=O)OC)cc1NC(=O)c1cccc([N+](=O)[O-])c1Cl. The lowest BCUT2D eigenvalue weighted by Crippen LogP contribution is -2.16. The van der Waals surface area contributed by atoms with E-state index in [0.717, 1.165) is 6.42 Å². The summed E-state index contributed by atoms with van der Waals surface area (Å²) in [5.74, 6) is -1.22. The van der Waals surface area contributed by atoms with Crippen LogP contribution in [0.2, 0.25) is 5.02 Å². The quantitative estimate of drug-likeness (QED) is 0.274. The summed E-state index contributed by atoms with van der Waals surface area (Å²) in [6.07, 6.45) is 0.722. The molecule has 0 fully saturated rings. The molecule has 154 valence electrons. The number of carbonyl (C=O) groups excluding carboxylic acids is 2. The number of hydrogen-bond acceptors (Lipinski definition) is 7. The van der Waals surface area contributed by atoms with Crippen LogP contribution in [0.3, 0.4) is 0 Å². The fraction of sp³-hybridized carbons (Fsp3) is 0.263. The molecular formula is C19H20ClN3O6. The zero-order valence-electron chi connectivity index (χ0n) is 15.9. The Morgan fingerprint density at radius 1 is 1.17 bits per heavy atom. The van der Waals surface area contributed by atoms with E-state index in [2.05, 4.69) is 10.6 Å². The number of halogens is 1. The molecule has 0 unspecified atom stereocenters. The van der Waals surface area contributed by atoms with Crippen LogP contribution < -0.4 is 10.6 Å². The minimum absolute atomic E-state index is 0.0605. The van der Waals surface area contributed by atoms with Crippen LogP contribution in [0, 0.1) is 10.1 Å². The van der Waals surface area contributed by atoms with Gasteiger partial charge in [-0.3, -0.25) is 14.9 Å². The van der Waals surface area contributed by atoms with Gasteiger partial charge in [0.05, 0.1) is 34.5 Å². The van der Waals surface area contributed by atoms with Crippen molar-refractivity contribution in [1.29, 1.82) is 0 Å². The van der Waals surface area contributed by atoms with Crippen LogP contribution >= 0.6 is 11.6 Å². The van der Waals surface area contributed by atoms with E-state index in [9.17, 15) is 19.7 Å². The highest BCUT2D eigenvalue weighted by Gasteiger charge is 2.21. The van der Waals surface area contributed by atoms with Gasteiger partial charge in [0.25, 0.3) is 11.6 Å². The average Bonchev–Trinajstić information content (AvgIpc) is 2.71. The second-order valence-corrected chi connectivity index (χ2v) is 6.25. The van der Waals surface area contributed by atoms with Crippen molar-refractivity contribution in [3.63, 3.8) is 0 Å². The van der Waals surface area contributed by atoms with Crippen molar-refractivity contribution in [1.82, 2.24) is 0 Å². The lowest BCUT2D eigenvalue weighted by Gasteiger charge is -2.15. The van der Waals surface area contributed by atoms with Gasteiger partial charge in [0, 0.05) is 26.3 Å². The van der Waals surface area contributed by atoms with E-state index in [4.69, 9.17) is 21.1 Å². The summed E-state index contributed by atoms with van der Waals surface area (Å²) in [6.45, 7) is 1.12. The Balaban J connectivity index is 2.33. The van der Waals surface area contributed by atoms with E-state index in [1.54, 1.807) is 19.2 Å². The third kappa shape index (κ3) is 5.66. The zero-order valence-corrected chi connectivity index (χ0v) is 16.6. The Labute approximate surface area is 172 Å². The summed E-state index contributed by atoms with van der Waals surface area (Å²) in [5.41, 5.74) is 0.659. The maximum absolute atomic E-state index is 12.7. The third-order valence-electron chi connectivity index (χ3n) is 3.95. The van der Waals surface area contributed by atoms with Crippen molar-refractivity contribution in [3.8, 4) is 0 Å². The third-order valence-corrected chi connectivity index (χ3v) is 4.35. The number of nitro groups is 1. The second kappa shape index (κ2) is 10.4. The summed E-state index contributed by atoms with van der Waals surface area (Å²) in [7, 11) is 2.85. The first-order chi connectivity index (χ1) is 13.9. The minimum atomic E-state index is -0.667. The smallest absolute Gasteiger partial charge is 0.337 e. The van der Waals surface area contributed by atoms with Gasteiger partial charge in [-0.25, -0.2) is 4.79 Å². The number of hydrogen-bond donors (Lipinski definition) is 2. The molecule has 0 heterocycles. The van der Waals surface area contributed by atoms with E-state index < -0.39 is 16.8 Å². The van der Waals surface area contributed by atoms with Gasteiger partial charge in [-0.05, 0) is 30.7 Å². The number of ether oxygens (including phenoxy) is 2. The standard InChI is InChI=1S/C19H20ClN3O6/c1-28-10-4-9-21-14-8-7-12(19(25)29-2)11-15(14)22-18(24)13-5-3-6-16(17(13)20)23(26)27/h3,5-8,11,21H,4,9-10H2,1-2H3,(H,22,24). The molecule has 9 nitrogen and oxygen atoms in total. The molecule has 0 radical (unpaired) electrons. The number of nitrogens with one attached hydrogen (secondary N) is 2. The fourth-order valence-electron chi connectivity index (χ4n) is 2.51. The number of nitro benzene ring substituents is 1. The highest BCUT2D eigenvalue weighted by Crippen LogP contribution is 2.30. The number of nitrogens with zero attached hydrogens (tertiary/aromatic N) is 1. The molecule has 2 aromatic rings. The second-order valence-electron chi connectivity index (χ2n) is 5.87. The zero-order chi connectivity index (χ0) is 21.4. The molecule has 0 spiro atoms. The number of methoxy groups -OCH3 is 2. The largest absolute Gasteiger partial charge is 0.465 e. The summed E-state index contributed by atoms with van der Waals surface area (Å²) in [6, 6.07) is 8.59. The van der Waals surface area contributed by atoms with Crippen LogP contribution in [0.4, 0.5) is 17.1 Å². The van der Waals surface area contributed by atoms with Gasteiger partial charge in [0.15, 0.2) is 0 Å². The Bertz CT molecular complexity index is 919. The van der Waals surface area contributed by atoms with E-state index in [1.807, 2.05) is 0 Å². The van der Waals surface area contributed by atoms with Gasteiger partial charge in [-0.1, -0.05) is 17.7 Å². The van der Waals surface area contributed by atoms with Crippen LogP contribution in [0.15, 0.2) is 36.4 Å². The maximum atomic E-state index is 12.7. The topological polar surface area (TPSA) is 120 Å². The van der Waals surface area contributed by atoms with Crippen LogP contribution in [-0.4, -0.2) is 44.2 Å².